The summed E-state index contributed by atoms with van der Waals surface area (Å²) in [7, 11) is 1.59. The molecule has 1 N–H and O–H groups in total. The minimum absolute atomic E-state index is 0.177. The molecule has 34 heavy (non-hydrogen) atoms. The standard InChI is InChI=1S/C27H26FN3O3/c1-3-23-22(17-18-26(32)29-20-15-13-19(28)14-16-20)27(31(30-23)21-9-5-4-6-10-21)34-25-12-8-7-11-24(25)33-2/h4-16H,3,17-18H2,1-2H3,(H,29,32). The second-order valence-electron chi connectivity index (χ2n) is 7.64. The van der Waals surface area contributed by atoms with Crippen LogP contribution in [0.5, 0.6) is 17.4 Å². The lowest BCUT2D eigenvalue weighted by atomic mass is 10.1. The molecule has 0 unspecified atom stereocenters. The van der Waals surface area contributed by atoms with Gasteiger partial charge >= 0.3 is 0 Å². The quantitative estimate of drug-likeness (QED) is 0.336. The van der Waals surface area contributed by atoms with Crippen molar-refractivity contribution in [3.8, 4) is 23.1 Å². The van der Waals surface area contributed by atoms with Crippen LogP contribution in [0.3, 0.4) is 0 Å². The predicted molar refractivity (Wildman–Crippen MR) is 129 cm³/mol. The zero-order valence-electron chi connectivity index (χ0n) is 19.1. The van der Waals surface area contributed by atoms with Gasteiger partial charge in [-0.3, -0.25) is 4.79 Å². The Balaban J connectivity index is 1.65. The molecule has 4 aromatic rings. The number of para-hydroxylation sites is 3. The van der Waals surface area contributed by atoms with Crippen molar-refractivity contribution < 1.29 is 18.7 Å². The number of nitrogens with zero attached hydrogens (tertiary/aromatic N) is 2. The smallest absolute Gasteiger partial charge is 0.226 e. The molecule has 0 radical (unpaired) electrons. The number of halogens is 1. The summed E-state index contributed by atoms with van der Waals surface area (Å²) in [4.78, 5) is 12.6. The number of carbonyl (C=O) groups is 1. The molecule has 0 aliphatic rings. The van der Waals surface area contributed by atoms with E-state index in [2.05, 4.69) is 5.32 Å². The van der Waals surface area contributed by atoms with Crippen molar-refractivity contribution in [1.29, 1.82) is 0 Å². The molecule has 7 heteroatoms. The highest BCUT2D eigenvalue weighted by atomic mass is 19.1. The Labute approximate surface area is 198 Å². The van der Waals surface area contributed by atoms with Gasteiger partial charge < -0.3 is 14.8 Å². The first-order valence-electron chi connectivity index (χ1n) is 11.1. The number of aryl methyl sites for hydroxylation is 1. The Morgan fingerprint density at radius 3 is 2.32 bits per heavy atom. The summed E-state index contributed by atoms with van der Waals surface area (Å²) in [6.45, 7) is 2.02. The van der Waals surface area contributed by atoms with Gasteiger partial charge in [0, 0.05) is 17.7 Å². The molecule has 1 heterocycles. The Hall–Kier alpha value is -4.13. The van der Waals surface area contributed by atoms with Crippen molar-refractivity contribution in [3.05, 3.63) is 95.9 Å². The van der Waals surface area contributed by atoms with Crippen LogP contribution in [-0.4, -0.2) is 22.8 Å². The summed E-state index contributed by atoms with van der Waals surface area (Å²) in [6, 6.07) is 22.8. The summed E-state index contributed by atoms with van der Waals surface area (Å²) in [6.07, 6.45) is 1.32. The van der Waals surface area contributed by atoms with Gasteiger partial charge in [0.15, 0.2) is 11.5 Å². The molecule has 174 valence electrons. The normalized spacial score (nSPS) is 10.7. The van der Waals surface area contributed by atoms with E-state index in [0.29, 0.717) is 35.9 Å². The Kier molecular flexibility index (Phi) is 7.22. The fourth-order valence-corrected chi connectivity index (χ4v) is 3.66. The van der Waals surface area contributed by atoms with Crippen LogP contribution in [0.25, 0.3) is 5.69 Å². The summed E-state index contributed by atoms with van der Waals surface area (Å²) in [5, 5.41) is 7.61. The minimum Gasteiger partial charge on any atom is -0.493 e. The number of hydrogen-bond donors (Lipinski definition) is 1. The zero-order valence-corrected chi connectivity index (χ0v) is 19.1. The molecule has 3 aromatic carbocycles. The van der Waals surface area contributed by atoms with Gasteiger partial charge in [-0.05, 0) is 61.4 Å². The molecular formula is C27H26FN3O3. The topological polar surface area (TPSA) is 65.4 Å². The van der Waals surface area contributed by atoms with E-state index < -0.39 is 0 Å². The Morgan fingerprint density at radius 2 is 1.65 bits per heavy atom. The van der Waals surface area contributed by atoms with Crippen molar-refractivity contribution in [2.24, 2.45) is 0 Å². The van der Waals surface area contributed by atoms with Crippen LogP contribution in [0.4, 0.5) is 10.1 Å². The average Bonchev–Trinajstić information content (AvgIpc) is 3.22. The number of anilines is 1. The second kappa shape index (κ2) is 10.7. The number of methoxy groups -OCH3 is 1. The fourth-order valence-electron chi connectivity index (χ4n) is 3.66. The highest BCUT2D eigenvalue weighted by Gasteiger charge is 2.22. The summed E-state index contributed by atoms with van der Waals surface area (Å²) in [5.74, 6) is 1.17. The van der Waals surface area contributed by atoms with Gasteiger partial charge in [-0.2, -0.15) is 5.10 Å². The SMILES string of the molecule is CCc1nn(-c2ccccc2)c(Oc2ccccc2OC)c1CCC(=O)Nc1ccc(F)cc1. The predicted octanol–water partition coefficient (Wildman–Crippen LogP) is 5.95. The third-order valence-electron chi connectivity index (χ3n) is 5.36. The first kappa shape index (κ1) is 23.0. The van der Waals surface area contributed by atoms with Crippen molar-refractivity contribution in [2.75, 3.05) is 12.4 Å². The van der Waals surface area contributed by atoms with E-state index in [-0.39, 0.29) is 18.1 Å². The lowest BCUT2D eigenvalue weighted by molar-refractivity contribution is -0.116. The molecule has 0 bridgehead atoms. The highest BCUT2D eigenvalue weighted by Crippen LogP contribution is 2.36. The average molecular weight is 460 g/mol. The Bertz CT molecular complexity index is 1250. The molecule has 6 nitrogen and oxygen atoms in total. The number of amides is 1. The van der Waals surface area contributed by atoms with Crippen molar-refractivity contribution in [2.45, 2.75) is 26.2 Å². The number of carbonyl (C=O) groups excluding carboxylic acids is 1. The minimum atomic E-state index is -0.350. The van der Waals surface area contributed by atoms with Crippen LogP contribution in [0.1, 0.15) is 24.6 Å². The van der Waals surface area contributed by atoms with E-state index in [1.54, 1.807) is 11.8 Å². The van der Waals surface area contributed by atoms with Crippen LogP contribution in [0.2, 0.25) is 0 Å². The van der Waals surface area contributed by atoms with Gasteiger partial charge in [-0.1, -0.05) is 37.3 Å². The van der Waals surface area contributed by atoms with Gasteiger partial charge in [-0.25, -0.2) is 9.07 Å². The van der Waals surface area contributed by atoms with Crippen molar-refractivity contribution in [3.63, 3.8) is 0 Å². The first-order chi connectivity index (χ1) is 16.6. The van der Waals surface area contributed by atoms with Gasteiger partial charge in [0.1, 0.15) is 5.82 Å². The number of benzene rings is 3. The van der Waals surface area contributed by atoms with Crippen LogP contribution in [0, 0.1) is 5.82 Å². The van der Waals surface area contributed by atoms with Crippen LogP contribution >= 0.6 is 0 Å². The van der Waals surface area contributed by atoms with Crippen molar-refractivity contribution in [1.82, 2.24) is 9.78 Å². The number of nitrogens with one attached hydrogen (secondary N) is 1. The molecule has 1 amide bonds. The largest absolute Gasteiger partial charge is 0.493 e. The molecule has 4 rings (SSSR count). The number of aromatic nitrogens is 2. The zero-order chi connectivity index (χ0) is 23.9. The second-order valence-corrected chi connectivity index (χ2v) is 7.64. The highest BCUT2D eigenvalue weighted by molar-refractivity contribution is 5.90. The van der Waals surface area contributed by atoms with Crippen molar-refractivity contribution >= 4 is 11.6 Å². The van der Waals surface area contributed by atoms with E-state index in [9.17, 15) is 9.18 Å². The number of rotatable bonds is 9. The van der Waals surface area contributed by atoms with Crippen LogP contribution < -0.4 is 14.8 Å². The van der Waals surface area contributed by atoms with E-state index in [4.69, 9.17) is 14.6 Å². The third-order valence-corrected chi connectivity index (χ3v) is 5.36. The van der Waals surface area contributed by atoms with Gasteiger partial charge in [-0.15, -0.1) is 0 Å². The molecule has 0 aliphatic carbocycles. The van der Waals surface area contributed by atoms with E-state index in [1.807, 2.05) is 61.5 Å². The molecule has 0 saturated heterocycles. The van der Waals surface area contributed by atoms with E-state index in [1.165, 1.54) is 24.3 Å². The maximum atomic E-state index is 13.2. The monoisotopic (exact) mass is 459 g/mol. The first-order valence-corrected chi connectivity index (χ1v) is 11.1. The van der Waals surface area contributed by atoms with E-state index in [0.717, 1.165) is 16.9 Å². The van der Waals surface area contributed by atoms with Crippen LogP contribution in [-0.2, 0) is 17.6 Å². The van der Waals surface area contributed by atoms with Gasteiger partial charge in [0.2, 0.25) is 11.8 Å². The molecule has 0 saturated carbocycles. The van der Waals surface area contributed by atoms with Gasteiger partial charge in [0.05, 0.1) is 18.5 Å². The number of ether oxygens (including phenoxy) is 2. The van der Waals surface area contributed by atoms with Crippen LogP contribution in [0.15, 0.2) is 78.9 Å². The molecule has 1 aromatic heterocycles. The summed E-state index contributed by atoms with van der Waals surface area (Å²) in [5.41, 5.74) is 3.10. The lowest BCUT2D eigenvalue weighted by Gasteiger charge is -2.14. The molecular weight excluding hydrogens is 433 g/mol. The fraction of sp³-hybridized carbons (Fsp3) is 0.185. The third kappa shape index (κ3) is 5.26. The number of hydrogen-bond acceptors (Lipinski definition) is 4. The molecule has 0 spiro atoms. The molecule has 0 aliphatic heterocycles. The summed E-state index contributed by atoms with van der Waals surface area (Å²) >= 11 is 0. The van der Waals surface area contributed by atoms with Gasteiger partial charge in [0.25, 0.3) is 0 Å². The summed E-state index contributed by atoms with van der Waals surface area (Å²) < 4.78 is 26.7. The lowest BCUT2D eigenvalue weighted by Crippen LogP contribution is -2.12. The maximum absolute atomic E-state index is 13.2. The Morgan fingerprint density at radius 1 is 0.971 bits per heavy atom. The van der Waals surface area contributed by atoms with E-state index >= 15 is 0 Å². The maximum Gasteiger partial charge on any atom is 0.226 e. The molecule has 0 fully saturated rings. The molecule has 0 atom stereocenters.